The fourth-order valence-corrected chi connectivity index (χ4v) is 12.7. The Bertz CT molecular complexity index is 1800. The van der Waals surface area contributed by atoms with Gasteiger partial charge in [-0.1, -0.05) is 318 Å². The van der Waals surface area contributed by atoms with Gasteiger partial charge in [-0.25, -0.2) is 9.13 Å². The summed E-state index contributed by atoms with van der Waals surface area (Å²) in [5.41, 5.74) is 0. The number of aliphatic hydroxyl groups is 1. The molecular weight excluding hydrogens is 1210 g/mol. The van der Waals surface area contributed by atoms with E-state index in [0.29, 0.717) is 25.7 Å². The lowest BCUT2D eigenvalue weighted by Gasteiger charge is -2.21. The van der Waals surface area contributed by atoms with Crippen LogP contribution in [0.2, 0.25) is 0 Å². The zero-order chi connectivity index (χ0) is 68.0. The quantitative estimate of drug-likeness (QED) is 0.0222. The lowest BCUT2D eigenvalue weighted by Crippen LogP contribution is -2.30. The first-order valence-electron chi connectivity index (χ1n) is 37.8. The van der Waals surface area contributed by atoms with Gasteiger partial charge in [-0.15, -0.1) is 0 Å². The van der Waals surface area contributed by atoms with Crippen LogP contribution < -0.4 is 0 Å². The Morgan fingerprint density at radius 1 is 0.293 bits per heavy atom. The van der Waals surface area contributed by atoms with Gasteiger partial charge in [0.25, 0.3) is 0 Å². The molecule has 0 rings (SSSR count). The number of aliphatic hydroxyl groups excluding tert-OH is 1. The molecule has 0 saturated carbocycles. The monoisotopic (exact) mass is 1350 g/mol. The van der Waals surface area contributed by atoms with E-state index in [0.717, 1.165) is 108 Å². The summed E-state index contributed by atoms with van der Waals surface area (Å²) in [5.74, 6) is 0.122. The Kier molecular flexibility index (Phi) is 62.4. The van der Waals surface area contributed by atoms with Gasteiger partial charge in [0.1, 0.15) is 19.3 Å². The molecule has 0 spiro atoms. The first-order valence-corrected chi connectivity index (χ1v) is 40.8. The van der Waals surface area contributed by atoms with Crippen molar-refractivity contribution in [1.29, 1.82) is 0 Å². The molecular formula is C73H142O17P2. The fraction of sp³-hybridized carbons (Fsp3) is 0.945. The molecule has 17 nitrogen and oxygen atoms in total. The summed E-state index contributed by atoms with van der Waals surface area (Å²) in [5, 5.41) is 10.6. The van der Waals surface area contributed by atoms with Crippen LogP contribution in [-0.4, -0.2) is 96.7 Å². The minimum Gasteiger partial charge on any atom is -0.462 e. The van der Waals surface area contributed by atoms with Crippen molar-refractivity contribution in [2.24, 2.45) is 17.8 Å². The van der Waals surface area contributed by atoms with Crippen molar-refractivity contribution in [2.75, 3.05) is 39.6 Å². The summed E-state index contributed by atoms with van der Waals surface area (Å²) >= 11 is 0. The van der Waals surface area contributed by atoms with E-state index in [-0.39, 0.29) is 25.7 Å². The van der Waals surface area contributed by atoms with Crippen LogP contribution in [0.3, 0.4) is 0 Å². The van der Waals surface area contributed by atoms with Gasteiger partial charge in [-0.3, -0.25) is 37.3 Å². The Balaban J connectivity index is 5.27. The van der Waals surface area contributed by atoms with Gasteiger partial charge >= 0.3 is 39.5 Å². The van der Waals surface area contributed by atoms with E-state index < -0.39 is 97.5 Å². The number of esters is 4. The average Bonchev–Trinajstić information content (AvgIpc) is 2.11. The third-order valence-electron chi connectivity index (χ3n) is 16.9. The van der Waals surface area contributed by atoms with Crippen molar-refractivity contribution in [3.63, 3.8) is 0 Å². The second kappa shape index (κ2) is 63.8. The molecule has 0 saturated heterocycles. The highest BCUT2D eigenvalue weighted by atomic mass is 31.2. The standard InChI is InChI=1S/C73H142O17P2/c1-8-9-10-11-12-13-14-15-16-19-25-33-40-47-54-70(75)83-60-68(89-72(77)56-49-42-35-26-20-17-18-23-30-37-44-51-64(2)3)62-87-91(79,80)85-58-67(74)59-86-92(81,82)88-63-69(61-84-71(76)55-48-41-34-29-28-32-39-46-53-66(6)7)90-73(78)57-50-43-36-27-22-21-24-31-38-45-52-65(4)5/h64-69,74H,8-63H2,1-7H3,(H,79,80)(H,81,82)/t67-,68-,69-/m1/s1. The van der Waals surface area contributed by atoms with Crippen LogP contribution in [0.1, 0.15) is 370 Å². The van der Waals surface area contributed by atoms with Crippen LogP contribution in [-0.2, 0) is 65.4 Å². The highest BCUT2D eigenvalue weighted by molar-refractivity contribution is 7.47. The van der Waals surface area contributed by atoms with Crippen molar-refractivity contribution in [2.45, 2.75) is 388 Å². The highest BCUT2D eigenvalue weighted by Crippen LogP contribution is 2.45. The van der Waals surface area contributed by atoms with Crippen LogP contribution in [0, 0.1) is 17.8 Å². The summed E-state index contributed by atoms with van der Waals surface area (Å²) in [7, 11) is -9.91. The molecule has 92 heavy (non-hydrogen) atoms. The second-order valence-corrected chi connectivity index (χ2v) is 30.7. The summed E-state index contributed by atoms with van der Waals surface area (Å²) in [6.07, 6.45) is 48.5. The molecule has 0 aliphatic carbocycles. The van der Waals surface area contributed by atoms with Gasteiger partial charge in [-0.05, 0) is 43.4 Å². The maximum atomic E-state index is 13.1. The van der Waals surface area contributed by atoms with Gasteiger partial charge in [0.05, 0.1) is 26.4 Å². The van der Waals surface area contributed by atoms with E-state index >= 15 is 0 Å². The van der Waals surface area contributed by atoms with Gasteiger partial charge in [0, 0.05) is 25.7 Å². The van der Waals surface area contributed by atoms with E-state index in [1.54, 1.807) is 0 Å². The molecule has 0 aliphatic rings. The third kappa shape index (κ3) is 66.7. The number of ether oxygens (including phenoxy) is 4. The first kappa shape index (κ1) is 90.1. The topological polar surface area (TPSA) is 237 Å². The van der Waals surface area contributed by atoms with E-state index in [1.807, 2.05) is 0 Å². The minimum absolute atomic E-state index is 0.105. The number of phosphoric acid groups is 2. The van der Waals surface area contributed by atoms with Crippen molar-refractivity contribution in [3.8, 4) is 0 Å². The molecule has 0 radical (unpaired) electrons. The number of phosphoric ester groups is 2. The van der Waals surface area contributed by atoms with Gasteiger partial charge in [-0.2, -0.15) is 0 Å². The minimum atomic E-state index is -4.95. The normalized spacial score (nSPS) is 14.1. The highest BCUT2D eigenvalue weighted by Gasteiger charge is 2.30. The van der Waals surface area contributed by atoms with Crippen LogP contribution in [0.15, 0.2) is 0 Å². The smallest absolute Gasteiger partial charge is 0.462 e. The summed E-state index contributed by atoms with van der Waals surface area (Å²) in [6, 6.07) is 0. The van der Waals surface area contributed by atoms with E-state index in [9.17, 15) is 43.2 Å². The number of unbranched alkanes of at least 4 members (excludes halogenated alkanes) is 39. The van der Waals surface area contributed by atoms with Crippen LogP contribution in [0.5, 0.6) is 0 Å². The van der Waals surface area contributed by atoms with Gasteiger partial charge in [0.15, 0.2) is 12.2 Å². The molecule has 5 atom stereocenters. The first-order chi connectivity index (χ1) is 44.2. The Labute approximate surface area is 562 Å². The predicted molar refractivity (Wildman–Crippen MR) is 372 cm³/mol. The molecule has 0 bridgehead atoms. The number of hydrogen-bond donors (Lipinski definition) is 3. The molecule has 19 heteroatoms. The molecule has 0 aliphatic heterocycles. The van der Waals surface area contributed by atoms with Crippen molar-refractivity contribution < 1.29 is 80.2 Å². The third-order valence-corrected chi connectivity index (χ3v) is 18.8. The second-order valence-electron chi connectivity index (χ2n) is 27.8. The number of rotatable bonds is 71. The summed E-state index contributed by atoms with van der Waals surface area (Å²) < 4.78 is 68.4. The number of carbonyl (C=O) groups is 4. The lowest BCUT2D eigenvalue weighted by atomic mass is 10.0. The zero-order valence-electron chi connectivity index (χ0n) is 60.0. The number of carbonyl (C=O) groups excluding carboxylic acids is 4. The van der Waals surface area contributed by atoms with Crippen molar-refractivity contribution >= 4 is 39.5 Å². The fourth-order valence-electron chi connectivity index (χ4n) is 11.1. The van der Waals surface area contributed by atoms with Gasteiger partial charge < -0.3 is 33.8 Å². The molecule has 546 valence electrons. The van der Waals surface area contributed by atoms with Gasteiger partial charge in [0.2, 0.25) is 0 Å². The molecule has 0 aromatic rings. The maximum absolute atomic E-state index is 13.1. The number of hydrogen-bond acceptors (Lipinski definition) is 15. The average molecular weight is 1350 g/mol. The molecule has 0 aromatic carbocycles. The molecule has 0 aromatic heterocycles. The van der Waals surface area contributed by atoms with Crippen molar-refractivity contribution in [3.05, 3.63) is 0 Å². The molecule has 3 N–H and O–H groups in total. The van der Waals surface area contributed by atoms with Crippen LogP contribution >= 0.6 is 15.6 Å². The maximum Gasteiger partial charge on any atom is 0.472 e. The SMILES string of the molecule is CCCCCCCCCCCCCCCCC(=O)OC[C@H](COP(=O)(O)OC[C@@H](O)COP(=O)(O)OC[C@@H](COC(=O)CCCCCCCCCCC(C)C)OC(=O)CCCCCCCCCCCCC(C)C)OC(=O)CCCCCCCCCCCCCC(C)C. The van der Waals surface area contributed by atoms with E-state index in [4.69, 9.17) is 37.0 Å². The van der Waals surface area contributed by atoms with Crippen LogP contribution in [0.25, 0.3) is 0 Å². The molecule has 2 unspecified atom stereocenters. The molecule has 0 heterocycles. The summed E-state index contributed by atoms with van der Waals surface area (Å²) in [4.78, 5) is 72.7. The van der Waals surface area contributed by atoms with E-state index in [2.05, 4.69) is 48.5 Å². The van der Waals surface area contributed by atoms with Crippen molar-refractivity contribution in [1.82, 2.24) is 0 Å². The molecule has 0 amide bonds. The zero-order valence-corrected chi connectivity index (χ0v) is 61.8. The van der Waals surface area contributed by atoms with Crippen LogP contribution in [0.4, 0.5) is 0 Å². The Morgan fingerprint density at radius 2 is 0.500 bits per heavy atom. The largest absolute Gasteiger partial charge is 0.472 e. The van der Waals surface area contributed by atoms with E-state index in [1.165, 1.54) is 180 Å². The predicted octanol–water partition coefficient (Wildman–Crippen LogP) is 21.0. The summed E-state index contributed by atoms with van der Waals surface area (Å²) in [6.45, 7) is 11.8. The molecule has 0 fully saturated rings. The Hall–Kier alpha value is -1.94. The Morgan fingerprint density at radius 3 is 0.739 bits per heavy atom. The lowest BCUT2D eigenvalue weighted by molar-refractivity contribution is -0.161.